The maximum absolute atomic E-state index is 10.7. The molecule has 0 fully saturated rings. The van der Waals surface area contributed by atoms with Gasteiger partial charge in [0.1, 0.15) is 0 Å². The molecule has 0 saturated carbocycles. The summed E-state index contributed by atoms with van der Waals surface area (Å²) in [5.74, 6) is -0.734. The van der Waals surface area contributed by atoms with E-state index in [9.17, 15) is 9.90 Å². The molecule has 0 aromatic heterocycles. The Balaban J connectivity index is 1.44. The van der Waals surface area contributed by atoms with Crippen LogP contribution in [0.4, 0.5) is 0 Å². The van der Waals surface area contributed by atoms with Crippen LogP contribution in [-0.4, -0.2) is 41.0 Å². The highest BCUT2D eigenvalue weighted by atomic mass is 16.5. The highest BCUT2D eigenvalue weighted by Crippen LogP contribution is 2.24. The van der Waals surface area contributed by atoms with Crippen molar-refractivity contribution in [3.63, 3.8) is 0 Å². The predicted molar refractivity (Wildman–Crippen MR) is 146 cm³/mol. The summed E-state index contributed by atoms with van der Waals surface area (Å²) >= 11 is 0. The fourth-order valence-electron chi connectivity index (χ4n) is 4.65. The van der Waals surface area contributed by atoms with Gasteiger partial charge in [0.05, 0.1) is 18.8 Å². The zero-order valence-corrected chi connectivity index (χ0v) is 21.9. The molecule has 2 atom stereocenters. The topological polar surface area (TPSA) is 78.8 Å². The quantitative estimate of drug-likeness (QED) is 0.225. The Morgan fingerprint density at radius 1 is 0.972 bits per heavy atom. The molecule has 0 unspecified atom stereocenters. The van der Waals surface area contributed by atoms with Gasteiger partial charge in [0, 0.05) is 18.5 Å². The molecular formula is C31H41NO4. The Kier molecular flexibility index (Phi) is 10.5. The highest BCUT2D eigenvalue weighted by Gasteiger charge is 2.20. The van der Waals surface area contributed by atoms with Crippen LogP contribution in [0.3, 0.4) is 0 Å². The minimum Gasteiger partial charge on any atom is -0.481 e. The molecule has 0 saturated heterocycles. The van der Waals surface area contributed by atoms with Gasteiger partial charge in [-0.15, -0.1) is 0 Å². The predicted octanol–water partition coefficient (Wildman–Crippen LogP) is 6.08. The molecule has 3 aromatic carbocycles. The number of fused-ring (bicyclic) bond motifs is 1. The standard InChI is InChI=1S/C31H41NO4/c1-23(29-15-10-9-13-26(29)12-5-4-6-16-30(34)35)36-22-28(33)21-32-31(2,3)20-24-17-18-25-11-7-8-14-27(25)19-24/h7-11,13-15,17-19,23,28,32-33H,4-6,12,16,20-22H2,1-3H3,(H,34,35)/t23-,28-/m1/s1. The van der Waals surface area contributed by atoms with Crippen LogP contribution in [0, 0.1) is 0 Å². The van der Waals surface area contributed by atoms with Gasteiger partial charge in [-0.1, -0.05) is 73.2 Å². The zero-order valence-electron chi connectivity index (χ0n) is 21.9. The first-order valence-electron chi connectivity index (χ1n) is 13.1. The Hall–Kier alpha value is -2.73. The lowest BCUT2D eigenvalue weighted by Crippen LogP contribution is -2.46. The largest absolute Gasteiger partial charge is 0.481 e. The molecule has 194 valence electrons. The number of hydrogen-bond donors (Lipinski definition) is 3. The van der Waals surface area contributed by atoms with Crippen LogP contribution >= 0.6 is 0 Å². The first-order chi connectivity index (χ1) is 17.2. The van der Waals surface area contributed by atoms with Gasteiger partial charge in [-0.2, -0.15) is 0 Å². The Morgan fingerprint density at radius 2 is 1.69 bits per heavy atom. The molecule has 3 N–H and O–H groups in total. The minimum atomic E-state index is -0.734. The van der Waals surface area contributed by atoms with Gasteiger partial charge in [-0.25, -0.2) is 0 Å². The zero-order chi connectivity index (χ0) is 26.0. The van der Waals surface area contributed by atoms with Crippen molar-refractivity contribution >= 4 is 16.7 Å². The third-order valence-corrected chi connectivity index (χ3v) is 6.64. The van der Waals surface area contributed by atoms with Crippen molar-refractivity contribution in [1.82, 2.24) is 5.32 Å². The second-order valence-electron chi connectivity index (χ2n) is 10.4. The molecule has 0 amide bonds. The number of nitrogens with one attached hydrogen (secondary N) is 1. The summed E-state index contributed by atoms with van der Waals surface area (Å²) in [6.45, 7) is 7.05. The number of aliphatic hydroxyl groups is 1. The summed E-state index contributed by atoms with van der Waals surface area (Å²) in [4.78, 5) is 10.7. The minimum absolute atomic E-state index is 0.125. The smallest absolute Gasteiger partial charge is 0.303 e. The average molecular weight is 492 g/mol. The Bertz CT molecular complexity index is 1110. The summed E-state index contributed by atoms with van der Waals surface area (Å²) < 4.78 is 6.05. The molecule has 0 aliphatic heterocycles. The van der Waals surface area contributed by atoms with Crippen molar-refractivity contribution in [2.24, 2.45) is 0 Å². The van der Waals surface area contributed by atoms with Gasteiger partial charge in [0.2, 0.25) is 0 Å². The van der Waals surface area contributed by atoms with E-state index in [1.807, 2.05) is 19.1 Å². The molecule has 0 aliphatic rings. The number of aliphatic hydroxyl groups excluding tert-OH is 1. The number of carboxylic acid groups (broad SMARTS) is 1. The number of aliphatic carboxylic acids is 1. The molecule has 0 bridgehead atoms. The van der Waals surface area contributed by atoms with Crippen molar-refractivity contribution in [3.8, 4) is 0 Å². The van der Waals surface area contributed by atoms with Crippen LogP contribution in [0.2, 0.25) is 0 Å². The van der Waals surface area contributed by atoms with Gasteiger partial charge in [-0.3, -0.25) is 4.79 Å². The summed E-state index contributed by atoms with van der Waals surface area (Å²) in [5, 5.41) is 25.4. The maximum Gasteiger partial charge on any atom is 0.303 e. The Morgan fingerprint density at radius 3 is 2.47 bits per heavy atom. The van der Waals surface area contributed by atoms with Crippen molar-refractivity contribution in [2.75, 3.05) is 13.2 Å². The molecule has 5 nitrogen and oxygen atoms in total. The number of benzene rings is 3. The van der Waals surface area contributed by atoms with Crippen molar-refractivity contribution in [3.05, 3.63) is 83.4 Å². The molecule has 3 aromatic rings. The fraction of sp³-hybridized carbons (Fsp3) is 0.452. The van der Waals surface area contributed by atoms with Crippen molar-refractivity contribution < 1.29 is 19.7 Å². The first-order valence-corrected chi connectivity index (χ1v) is 13.1. The van der Waals surface area contributed by atoms with E-state index < -0.39 is 12.1 Å². The van der Waals surface area contributed by atoms with Gasteiger partial charge >= 0.3 is 5.97 Å². The summed E-state index contributed by atoms with van der Waals surface area (Å²) in [6, 6.07) is 23.2. The first kappa shape index (κ1) is 27.9. The SMILES string of the molecule is C[C@@H](OC[C@H](O)CNC(C)(C)Cc1ccc2ccccc2c1)c1ccccc1CCCCCC(=O)O. The van der Waals surface area contributed by atoms with Gasteiger partial charge < -0.3 is 20.3 Å². The molecule has 5 heteroatoms. The van der Waals surface area contributed by atoms with Crippen molar-refractivity contribution in [2.45, 2.75) is 77.0 Å². The monoisotopic (exact) mass is 491 g/mol. The van der Waals surface area contributed by atoms with E-state index in [4.69, 9.17) is 9.84 Å². The molecule has 0 spiro atoms. The van der Waals surface area contributed by atoms with E-state index >= 15 is 0 Å². The van der Waals surface area contributed by atoms with Crippen LogP contribution in [0.1, 0.15) is 69.2 Å². The summed E-state index contributed by atoms with van der Waals surface area (Å²) in [6.07, 6.45) is 3.82. The van der Waals surface area contributed by atoms with E-state index in [2.05, 4.69) is 73.8 Å². The van der Waals surface area contributed by atoms with Crippen LogP contribution in [0.15, 0.2) is 66.7 Å². The number of β-amino-alcohol motifs (C(OH)–C–C–N with tert-alkyl or cyclic N) is 1. The van der Waals surface area contributed by atoms with Gasteiger partial charge in [0.25, 0.3) is 0 Å². The van der Waals surface area contributed by atoms with Crippen molar-refractivity contribution in [1.29, 1.82) is 0 Å². The normalized spacial score (nSPS) is 13.6. The average Bonchev–Trinajstić information content (AvgIpc) is 2.85. The third kappa shape index (κ3) is 9.05. The number of hydrogen-bond acceptors (Lipinski definition) is 4. The van der Waals surface area contributed by atoms with Gasteiger partial charge in [0.15, 0.2) is 0 Å². The molecule has 3 rings (SSSR count). The van der Waals surface area contributed by atoms with E-state index in [-0.39, 0.29) is 24.7 Å². The lowest BCUT2D eigenvalue weighted by Gasteiger charge is -2.28. The number of carbonyl (C=O) groups is 1. The van der Waals surface area contributed by atoms with E-state index in [0.29, 0.717) is 13.0 Å². The van der Waals surface area contributed by atoms with Gasteiger partial charge in [-0.05, 0) is 73.9 Å². The second kappa shape index (κ2) is 13.5. The third-order valence-electron chi connectivity index (χ3n) is 6.64. The Labute approximate surface area is 215 Å². The van der Waals surface area contributed by atoms with E-state index in [0.717, 1.165) is 31.2 Å². The number of carboxylic acids is 1. The summed E-state index contributed by atoms with van der Waals surface area (Å²) in [5.41, 5.74) is 3.46. The van der Waals surface area contributed by atoms with Crippen LogP contribution in [0.5, 0.6) is 0 Å². The summed E-state index contributed by atoms with van der Waals surface area (Å²) in [7, 11) is 0. The molecule has 0 aliphatic carbocycles. The van der Waals surface area contributed by atoms with Crippen LogP contribution in [-0.2, 0) is 22.4 Å². The number of aryl methyl sites for hydroxylation is 1. The lowest BCUT2D eigenvalue weighted by atomic mass is 9.93. The lowest BCUT2D eigenvalue weighted by molar-refractivity contribution is -0.137. The molecule has 0 radical (unpaired) electrons. The fourth-order valence-corrected chi connectivity index (χ4v) is 4.65. The number of ether oxygens (including phenoxy) is 1. The maximum atomic E-state index is 10.7. The van der Waals surface area contributed by atoms with E-state index in [1.54, 1.807) is 0 Å². The molecule has 36 heavy (non-hydrogen) atoms. The number of rotatable bonds is 15. The van der Waals surface area contributed by atoms with Crippen LogP contribution < -0.4 is 5.32 Å². The molecule has 0 heterocycles. The molecular weight excluding hydrogens is 450 g/mol. The van der Waals surface area contributed by atoms with Crippen LogP contribution in [0.25, 0.3) is 10.8 Å². The second-order valence-corrected chi connectivity index (χ2v) is 10.4. The van der Waals surface area contributed by atoms with E-state index in [1.165, 1.54) is 21.9 Å². The number of unbranched alkanes of at least 4 members (excludes halogenated alkanes) is 2. The highest BCUT2D eigenvalue weighted by molar-refractivity contribution is 5.83.